The van der Waals surface area contributed by atoms with E-state index in [1.807, 2.05) is 0 Å². The van der Waals surface area contributed by atoms with Crippen LogP contribution in [-0.2, 0) is 11.2 Å². The van der Waals surface area contributed by atoms with E-state index in [0.717, 1.165) is 12.3 Å². The number of Topliss-reactive ketones (excluding diaryl/α,β-unsaturated/α-hetero) is 1. The van der Waals surface area contributed by atoms with Crippen LogP contribution >= 0.6 is 11.3 Å². The molecule has 3 heteroatoms. The van der Waals surface area contributed by atoms with Gasteiger partial charge >= 0.3 is 0 Å². The predicted octanol–water partition coefficient (Wildman–Crippen LogP) is 3.93. The van der Waals surface area contributed by atoms with Gasteiger partial charge in [0.15, 0.2) is 5.78 Å². The summed E-state index contributed by atoms with van der Waals surface area (Å²) in [4.78, 5) is 12.6. The molecule has 3 unspecified atom stereocenters. The van der Waals surface area contributed by atoms with Gasteiger partial charge in [-0.25, -0.2) is 0 Å². The molecule has 21 heavy (non-hydrogen) atoms. The fourth-order valence-corrected chi connectivity index (χ4v) is 5.01. The second kappa shape index (κ2) is 5.54. The molecule has 1 saturated heterocycles. The van der Waals surface area contributed by atoms with Crippen LogP contribution in [0.5, 0.6) is 0 Å². The third-order valence-corrected chi connectivity index (χ3v) is 6.19. The number of rotatable bonds is 3. The largest absolute Gasteiger partial charge is 0.304 e. The highest BCUT2D eigenvalue weighted by Crippen LogP contribution is 2.34. The van der Waals surface area contributed by atoms with E-state index in [9.17, 15) is 4.79 Å². The molecule has 2 aliphatic rings. The highest BCUT2D eigenvalue weighted by atomic mass is 32.1. The zero-order chi connectivity index (χ0) is 14.2. The van der Waals surface area contributed by atoms with Gasteiger partial charge in [-0.3, -0.25) is 4.79 Å². The number of ketones is 1. The second-order valence-electron chi connectivity index (χ2n) is 6.51. The lowest BCUT2D eigenvalue weighted by Gasteiger charge is -2.24. The summed E-state index contributed by atoms with van der Waals surface area (Å²) in [5, 5.41) is 7.02. The Kier molecular flexibility index (Phi) is 3.56. The molecule has 1 saturated carbocycles. The van der Waals surface area contributed by atoms with Gasteiger partial charge in [0.2, 0.25) is 0 Å². The van der Waals surface area contributed by atoms with Gasteiger partial charge in [0.25, 0.3) is 0 Å². The Labute approximate surface area is 129 Å². The number of benzene rings is 1. The summed E-state index contributed by atoms with van der Waals surface area (Å²) < 4.78 is 1.29. The molecule has 2 aromatic rings. The first-order chi connectivity index (χ1) is 10.3. The van der Waals surface area contributed by atoms with Gasteiger partial charge in [0.05, 0.1) is 6.04 Å². The van der Waals surface area contributed by atoms with Crippen molar-refractivity contribution < 1.29 is 4.79 Å². The molecule has 0 amide bonds. The molecule has 2 nitrogen and oxygen atoms in total. The predicted molar refractivity (Wildman–Crippen MR) is 87.8 cm³/mol. The first-order valence-electron chi connectivity index (χ1n) is 8.05. The molecule has 1 aliphatic heterocycles. The lowest BCUT2D eigenvalue weighted by Crippen LogP contribution is -2.37. The fraction of sp³-hybridized carbons (Fsp3) is 0.500. The molecule has 0 radical (unpaired) electrons. The summed E-state index contributed by atoms with van der Waals surface area (Å²) in [6.45, 7) is 0. The van der Waals surface area contributed by atoms with Crippen molar-refractivity contribution in [3.63, 3.8) is 0 Å². The van der Waals surface area contributed by atoms with E-state index < -0.39 is 0 Å². The Morgan fingerprint density at radius 3 is 3.00 bits per heavy atom. The minimum Gasteiger partial charge on any atom is -0.304 e. The van der Waals surface area contributed by atoms with E-state index in [1.54, 1.807) is 11.3 Å². The lowest BCUT2D eigenvalue weighted by molar-refractivity contribution is -0.120. The van der Waals surface area contributed by atoms with Gasteiger partial charge in [0, 0.05) is 17.2 Å². The summed E-state index contributed by atoms with van der Waals surface area (Å²) in [6.07, 6.45) is 6.88. The first-order valence-corrected chi connectivity index (χ1v) is 8.93. The van der Waals surface area contributed by atoms with Crippen molar-refractivity contribution in [2.75, 3.05) is 0 Å². The number of carbonyl (C=O) groups excluding carboxylic acids is 1. The maximum Gasteiger partial charge on any atom is 0.154 e. The molecule has 110 valence electrons. The molecule has 2 heterocycles. The van der Waals surface area contributed by atoms with Gasteiger partial charge in [-0.15, -0.1) is 11.3 Å². The first kappa shape index (κ1) is 13.5. The Morgan fingerprint density at radius 2 is 2.10 bits per heavy atom. The zero-order valence-corrected chi connectivity index (χ0v) is 13.0. The number of fused-ring (bicyclic) bond motifs is 2. The van der Waals surface area contributed by atoms with E-state index >= 15 is 0 Å². The van der Waals surface area contributed by atoms with Crippen molar-refractivity contribution >= 4 is 27.2 Å². The molecule has 4 rings (SSSR count). The van der Waals surface area contributed by atoms with Gasteiger partial charge < -0.3 is 5.32 Å². The molecule has 1 aromatic carbocycles. The number of hydrogen-bond acceptors (Lipinski definition) is 3. The maximum absolute atomic E-state index is 12.6. The molecule has 2 fully saturated rings. The minimum absolute atomic E-state index is 0.0942. The van der Waals surface area contributed by atoms with Crippen LogP contribution < -0.4 is 5.32 Å². The van der Waals surface area contributed by atoms with Crippen molar-refractivity contribution in [3.05, 3.63) is 35.2 Å². The molecule has 0 spiro atoms. The monoisotopic (exact) mass is 299 g/mol. The van der Waals surface area contributed by atoms with Gasteiger partial charge in [0.1, 0.15) is 0 Å². The average molecular weight is 299 g/mol. The van der Waals surface area contributed by atoms with E-state index in [4.69, 9.17) is 0 Å². The number of thiophene rings is 1. The van der Waals surface area contributed by atoms with E-state index in [2.05, 4.69) is 35.0 Å². The van der Waals surface area contributed by atoms with Crippen LogP contribution in [0.15, 0.2) is 29.6 Å². The summed E-state index contributed by atoms with van der Waals surface area (Å²) >= 11 is 1.75. The minimum atomic E-state index is 0.0942. The summed E-state index contributed by atoms with van der Waals surface area (Å²) in [5.74, 6) is 1.12. The molecule has 3 atom stereocenters. The topological polar surface area (TPSA) is 29.1 Å². The van der Waals surface area contributed by atoms with Crippen LogP contribution in [0.2, 0.25) is 0 Å². The normalized spacial score (nSPS) is 28.7. The van der Waals surface area contributed by atoms with Crippen LogP contribution in [0.1, 0.15) is 37.7 Å². The van der Waals surface area contributed by atoms with Crippen LogP contribution in [0.4, 0.5) is 0 Å². The van der Waals surface area contributed by atoms with Crippen LogP contribution in [0.3, 0.4) is 0 Å². The van der Waals surface area contributed by atoms with Crippen molar-refractivity contribution in [2.45, 2.75) is 50.6 Å². The van der Waals surface area contributed by atoms with E-state index in [1.165, 1.54) is 41.3 Å². The summed E-state index contributed by atoms with van der Waals surface area (Å²) in [6, 6.07) is 9.09. The van der Waals surface area contributed by atoms with Crippen LogP contribution in [0, 0.1) is 5.92 Å². The number of nitrogens with one attached hydrogen (secondary N) is 1. The molecule has 1 N–H and O–H groups in total. The molecule has 0 bridgehead atoms. The summed E-state index contributed by atoms with van der Waals surface area (Å²) in [7, 11) is 0. The van der Waals surface area contributed by atoms with E-state index in [-0.39, 0.29) is 6.04 Å². The van der Waals surface area contributed by atoms with Crippen molar-refractivity contribution in [3.8, 4) is 0 Å². The highest BCUT2D eigenvalue weighted by molar-refractivity contribution is 7.17. The third kappa shape index (κ3) is 2.53. The number of hydrogen-bond donors (Lipinski definition) is 1. The Hall–Kier alpha value is -1.19. The quantitative estimate of drug-likeness (QED) is 0.930. The lowest BCUT2D eigenvalue weighted by atomic mass is 9.84. The highest BCUT2D eigenvalue weighted by Gasteiger charge is 2.37. The Morgan fingerprint density at radius 1 is 1.24 bits per heavy atom. The maximum atomic E-state index is 12.6. The van der Waals surface area contributed by atoms with E-state index in [0.29, 0.717) is 18.2 Å². The summed E-state index contributed by atoms with van der Waals surface area (Å²) in [5.41, 5.74) is 1.21. The van der Waals surface area contributed by atoms with Gasteiger partial charge in [-0.1, -0.05) is 31.0 Å². The Balaban J connectivity index is 1.48. The standard InChI is InChI=1S/C18H21NOS/c20-17(16-9-12-5-1-3-7-15(12)19-16)10-13-11-21-18-8-4-2-6-14(13)18/h2,4,6,8,11-12,15-16,19H,1,3,5,7,9-10H2. The Bertz CT molecular complexity index is 648. The third-order valence-electron chi connectivity index (χ3n) is 5.18. The van der Waals surface area contributed by atoms with Crippen molar-refractivity contribution in [2.24, 2.45) is 5.92 Å². The molecule has 1 aromatic heterocycles. The second-order valence-corrected chi connectivity index (χ2v) is 7.42. The SMILES string of the molecule is O=C(Cc1csc2ccccc12)C1CC2CCCCC2N1. The average Bonchev–Trinajstić information content (AvgIpc) is 3.11. The van der Waals surface area contributed by atoms with Crippen LogP contribution in [-0.4, -0.2) is 17.9 Å². The molecule has 1 aliphatic carbocycles. The van der Waals surface area contributed by atoms with Crippen LogP contribution in [0.25, 0.3) is 10.1 Å². The molecular formula is C18H21NOS. The van der Waals surface area contributed by atoms with Gasteiger partial charge in [-0.2, -0.15) is 0 Å². The van der Waals surface area contributed by atoms with Crippen molar-refractivity contribution in [1.29, 1.82) is 0 Å². The zero-order valence-electron chi connectivity index (χ0n) is 12.2. The van der Waals surface area contributed by atoms with Gasteiger partial charge in [-0.05, 0) is 47.6 Å². The fourth-order valence-electron chi connectivity index (χ4n) is 4.04. The smallest absolute Gasteiger partial charge is 0.154 e. The van der Waals surface area contributed by atoms with Crippen molar-refractivity contribution in [1.82, 2.24) is 5.32 Å². The molecular weight excluding hydrogens is 278 g/mol. The number of carbonyl (C=O) groups is 1.